The molecular weight excluding hydrogens is 413 g/mol. The van der Waals surface area contributed by atoms with Crippen molar-refractivity contribution in [3.63, 3.8) is 0 Å². The second-order valence-electron chi connectivity index (χ2n) is 7.62. The second-order valence-corrected chi connectivity index (χ2v) is 10.9. The van der Waals surface area contributed by atoms with Gasteiger partial charge in [-0.3, -0.25) is 4.90 Å². The van der Waals surface area contributed by atoms with Crippen molar-refractivity contribution in [2.75, 3.05) is 11.4 Å². The molecule has 152 valence electrons. The summed E-state index contributed by atoms with van der Waals surface area (Å²) in [5.41, 5.74) is 7.03. The number of rotatable bonds is 6. The summed E-state index contributed by atoms with van der Waals surface area (Å²) in [4.78, 5) is 13.6. The van der Waals surface area contributed by atoms with Gasteiger partial charge < -0.3 is 5.73 Å². The zero-order valence-electron chi connectivity index (χ0n) is 16.0. The Morgan fingerprint density at radius 3 is 2.46 bits per heavy atom. The number of alkyl halides is 1. The van der Waals surface area contributed by atoms with Crippen molar-refractivity contribution in [1.82, 2.24) is 10.2 Å². The molecular formula is C19H27FN4OP2S. The van der Waals surface area contributed by atoms with Gasteiger partial charge in [0.2, 0.25) is 5.13 Å². The highest BCUT2D eigenvalue weighted by Crippen LogP contribution is 2.47. The largest absolute Gasteiger partial charge is 0.351 e. The van der Waals surface area contributed by atoms with E-state index >= 15 is 0 Å². The van der Waals surface area contributed by atoms with E-state index < -0.39 is 11.2 Å². The number of urea groups is 1. The van der Waals surface area contributed by atoms with Gasteiger partial charge in [-0.1, -0.05) is 67.1 Å². The number of aromatic nitrogens is 2. The molecule has 5 nitrogen and oxygen atoms in total. The lowest BCUT2D eigenvalue weighted by Crippen LogP contribution is -2.45. The smallest absolute Gasteiger partial charge is 0.321 e. The summed E-state index contributed by atoms with van der Waals surface area (Å²) in [6.45, 7) is 2.65. The quantitative estimate of drug-likeness (QED) is 0.642. The van der Waals surface area contributed by atoms with E-state index in [1.54, 1.807) is 0 Å². The molecule has 9 heteroatoms. The van der Waals surface area contributed by atoms with Crippen LogP contribution in [0.3, 0.4) is 0 Å². The van der Waals surface area contributed by atoms with Gasteiger partial charge >= 0.3 is 6.03 Å². The Bertz CT molecular complexity index is 804. The Labute approximate surface area is 174 Å². The standard InChI is InChI=1S/C19H27FN4OP2S/c1-2-18(10-8-14(9-11-18)13-6-4-3-5-7-13)12-24(16(21)25)17-23-22-15(28-17)19(20,26)27/h3-7,14H,2,8-12,26-27H2,1H3,(H2,21,25)/t14-,18-. The number of halogens is 1. The lowest BCUT2D eigenvalue weighted by Gasteiger charge is -2.42. The summed E-state index contributed by atoms with van der Waals surface area (Å²) >= 11 is 1.06. The molecule has 1 heterocycles. The van der Waals surface area contributed by atoms with Crippen LogP contribution >= 0.6 is 29.8 Å². The number of carbonyl (C=O) groups is 1. The first-order chi connectivity index (χ1) is 13.2. The van der Waals surface area contributed by atoms with Gasteiger partial charge in [0, 0.05) is 6.54 Å². The number of nitrogens with two attached hydrogens (primary N) is 1. The van der Waals surface area contributed by atoms with Crippen LogP contribution in [0.4, 0.5) is 14.3 Å². The van der Waals surface area contributed by atoms with Crippen LogP contribution in [-0.2, 0) is 5.15 Å². The van der Waals surface area contributed by atoms with Crippen molar-refractivity contribution in [2.45, 2.75) is 50.1 Å². The molecule has 2 amide bonds. The van der Waals surface area contributed by atoms with Crippen LogP contribution in [0.1, 0.15) is 55.5 Å². The lowest BCUT2D eigenvalue weighted by atomic mass is 9.67. The summed E-state index contributed by atoms with van der Waals surface area (Å²) in [5, 5.41) is 6.69. The number of amides is 2. The molecule has 0 aliphatic heterocycles. The molecule has 3 rings (SSSR count). The topological polar surface area (TPSA) is 72.1 Å². The average Bonchev–Trinajstić information content (AvgIpc) is 3.17. The minimum absolute atomic E-state index is 0.0130. The SMILES string of the molecule is CC[C@]1(CN(C(N)=O)c2nnc(C(F)(P)P)s2)CC[C@H](c2ccccc2)CC1. The Morgan fingerprint density at radius 1 is 1.32 bits per heavy atom. The lowest BCUT2D eigenvalue weighted by molar-refractivity contribution is 0.171. The van der Waals surface area contributed by atoms with E-state index in [0.717, 1.165) is 43.4 Å². The zero-order valence-corrected chi connectivity index (χ0v) is 19.1. The van der Waals surface area contributed by atoms with Crippen LogP contribution in [0, 0.1) is 5.41 Å². The molecule has 2 aromatic rings. The van der Waals surface area contributed by atoms with E-state index in [1.165, 1.54) is 10.5 Å². The fourth-order valence-electron chi connectivity index (χ4n) is 3.97. The summed E-state index contributed by atoms with van der Waals surface area (Å²) < 4.78 is 14.1. The number of anilines is 1. The van der Waals surface area contributed by atoms with E-state index in [2.05, 4.69) is 59.9 Å². The maximum Gasteiger partial charge on any atom is 0.321 e. The molecule has 2 N–H and O–H groups in total. The number of hydrogen-bond acceptors (Lipinski definition) is 4. The van der Waals surface area contributed by atoms with Crippen LogP contribution in [0.2, 0.25) is 0 Å². The molecule has 1 fully saturated rings. The van der Waals surface area contributed by atoms with Crippen LogP contribution in [0.15, 0.2) is 30.3 Å². The molecule has 28 heavy (non-hydrogen) atoms. The van der Waals surface area contributed by atoms with E-state index in [9.17, 15) is 9.18 Å². The molecule has 1 aliphatic carbocycles. The predicted molar refractivity (Wildman–Crippen MR) is 119 cm³/mol. The van der Waals surface area contributed by atoms with E-state index in [-0.39, 0.29) is 10.4 Å². The Morgan fingerprint density at radius 2 is 1.96 bits per heavy atom. The molecule has 1 aromatic heterocycles. The van der Waals surface area contributed by atoms with Crippen molar-refractivity contribution in [3.8, 4) is 0 Å². The second kappa shape index (κ2) is 8.69. The molecule has 0 bridgehead atoms. The summed E-state index contributed by atoms with van der Waals surface area (Å²) in [6.07, 6.45) is 5.13. The molecule has 1 aliphatic rings. The van der Waals surface area contributed by atoms with Gasteiger partial charge in [0.05, 0.1) is 0 Å². The zero-order chi connectivity index (χ0) is 20.4. The highest BCUT2D eigenvalue weighted by Gasteiger charge is 2.38. The van der Waals surface area contributed by atoms with Crippen molar-refractivity contribution < 1.29 is 9.18 Å². The highest BCUT2D eigenvalue weighted by atomic mass is 32.1. The van der Waals surface area contributed by atoms with E-state index in [4.69, 9.17) is 5.73 Å². The van der Waals surface area contributed by atoms with Crippen LogP contribution in [0.25, 0.3) is 0 Å². The van der Waals surface area contributed by atoms with Crippen LogP contribution < -0.4 is 10.6 Å². The number of nitrogens with zero attached hydrogens (tertiary/aromatic N) is 3. The minimum Gasteiger partial charge on any atom is -0.351 e. The van der Waals surface area contributed by atoms with Gasteiger partial charge in [-0.2, -0.15) is 0 Å². The molecule has 1 aromatic carbocycles. The third-order valence-corrected chi connectivity index (χ3v) is 7.84. The predicted octanol–water partition coefficient (Wildman–Crippen LogP) is 5.01. The maximum atomic E-state index is 14.1. The van der Waals surface area contributed by atoms with Gasteiger partial charge in [0.25, 0.3) is 0 Å². The van der Waals surface area contributed by atoms with Gasteiger partial charge in [-0.05, 0) is 49.0 Å². The van der Waals surface area contributed by atoms with Gasteiger partial charge in [0.1, 0.15) is 0 Å². The maximum absolute atomic E-state index is 14.1. The third-order valence-electron chi connectivity index (χ3n) is 5.80. The monoisotopic (exact) mass is 440 g/mol. The normalized spacial score (nSPS) is 22.8. The Balaban J connectivity index is 1.75. The molecule has 0 radical (unpaired) electrons. The average molecular weight is 440 g/mol. The minimum atomic E-state index is -1.75. The first kappa shape index (κ1) is 21.5. The van der Waals surface area contributed by atoms with Crippen molar-refractivity contribution in [3.05, 3.63) is 40.9 Å². The summed E-state index contributed by atoms with van der Waals surface area (Å²) in [5.74, 6) is 0.553. The number of primary amides is 1. The first-order valence-corrected chi connectivity index (χ1v) is 11.4. The molecule has 1 saturated carbocycles. The van der Waals surface area contributed by atoms with Crippen LogP contribution in [0.5, 0.6) is 0 Å². The van der Waals surface area contributed by atoms with E-state index in [1.807, 2.05) is 6.07 Å². The fraction of sp³-hybridized carbons (Fsp3) is 0.526. The van der Waals surface area contributed by atoms with Gasteiger partial charge in [0.15, 0.2) is 10.2 Å². The van der Waals surface area contributed by atoms with Gasteiger partial charge in [-0.25, -0.2) is 9.18 Å². The van der Waals surface area contributed by atoms with Gasteiger partial charge in [-0.15, -0.1) is 10.2 Å². The Kier molecular flexibility index (Phi) is 6.69. The van der Waals surface area contributed by atoms with Crippen molar-refractivity contribution in [1.29, 1.82) is 0 Å². The third kappa shape index (κ3) is 4.87. The first-order valence-electron chi connectivity index (χ1n) is 9.47. The molecule has 0 spiro atoms. The fourth-order valence-corrected chi connectivity index (χ4v) is 5.19. The number of benzene rings is 1. The number of carbonyl (C=O) groups excluding carboxylic acids is 1. The molecule has 2 atom stereocenters. The number of hydrogen-bond donors (Lipinski definition) is 1. The Hall–Kier alpha value is -1.16. The molecule has 2 unspecified atom stereocenters. The summed E-state index contributed by atoms with van der Waals surface area (Å²) in [6, 6.07) is 10.0. The molecule has 0 saturated heterocycles. The van der Waals surface area contributed by atoms with E-state index in [0.29, 0.717) is 17.6 Å². The van der Waals surface area contributed by atoms with Crippen LogP contribution in [-0.4, -0.2) is 22.8 Å². The summed E-state index contributed by atoms with van der Waals surface area (Å²) in [7, 11) is 4.14. The highest BCUT2D eigenvalue weighted by molar-refractivity contribution is 7.40. The van der Waals surface area contributed by atoms with Crippen molar-refractivity contribution in [2.24, 2.45) is 11.1 Å². The van der Waals surface area contributed by atoms with Crippen molar-refractivity contribution >= 4 is 41.0 Å².